The van der Waals surface area contributed by atoms with Gasteiger partial charge in [-0.25, -0.2) is 14.3 Å². The summed E-state index contributed by atoms with van der Waals surface area (Å²) in [6, 6.07) is 2.96. The van der Waals surface area contributed by atoms with Crippen LogP contribution in [0.3, 0.4) is 0 Å². The van der Waals surface area contributed by atoms with Crippen molar-refractivity contribution in [2.45, 2.75) is 36.0 Å². The van der Waals surface area contributed by atoms with Crippen molar-refractivity contribution >= 4 is 75.0 Å². The minimum atomic E-state index is -1.22. The molecular weight excluding hydrogens is 621 g/mol. The lowest BCUT2D eigenvalue weighted by Crippen LogP contribution is -2.71. The van der Waals surface area contributed by atoms with Crippen molar-refractivity contribution in [3.63, 3.8) is 0 Å². The highest BCUT2D eigenvalue weighted by atomic mass is 32.2. The molecule has 0 unspecified atom stereocenters. The van der Waals surface area contributed by atoms with Crippen molar-refractivity contribution in [3.8, 4) is 11.3 Å². The smallest absolute Gasteiger partial charge is 0.353 e. The Morgan fingerprint density at radius 1 is 1.29 bits per heavy atom. The number of carbonyl (C=O) groups is 3. The predicted octanol–water partition coefficient (Wildman–Crippen LogP) is 2.54. The molecule has 1 saturated heterocycles. The predicted molar refractivity (Wildman–Crippen MR) is 161 cm³/mol. The van der Waals surface area contributed by atoms with Gasteiger partial charge in [0.15, 0.2) is 16.7 Å². The Bertz CT molecular complexity index is 1550. The number of rotatable bonds is 12. The van der Waals surface area contributed by atoms with Gasteiger partial charge in [-0.3, -0.25) is 14.5 Å². The molecule has 2 amide bonds. The third-order valence-electron chi connectivity index (χ3n) is 6.05. The minimum absolute atomic E-state index is 0.0708. The maximum Gasteiger partial charge on any atom is 0.353 e. The van der Waals surface area contributed by atoms with Crippen LogP contribution in [0.4, 0.5) is 5.13 Å². The van der Waals surface area contributed by atoms with Gasteiger partial charge in [-0.05, 0) is 13.3 Å². The van der Waals surface area contributed by atoms with E-state index < -0.39 is 29.2 Å². The molecule has 0 spiro atoms. The lowest BCUT2D eigenvalue weighted by molar-refractivity contribution is -0.671. The Hall–Kier alpha value is -3.54. The van der Waals surface area contributed by atoms with E-state index in [-0.39, 0.29) is 23.8 Å². The lowest BCUT2D eigenvalue weighted by atomic mass is 10.0. The zero-order chi connectivity index (χ0) is 29.8. The Labute approximate surface area is 257 Å². The molecule has 13 nitrogen and oxygen atoms in total. The highest BCUT2D eigenvalue weighted by Crippen LogP contribution is 2.46. The molecule has 0 radical (unpaired) electrons. The van der Waals surface area contributed by atoms with Crippen molar-refractivity contribution in [3.05, 3.63) is 46.3 Å². The van der Waals surface area contributed by atoms with Crippen LogP contribution in [-0.4, -0.2) is 78.2 Å². The van der Waals surface area contributed by atoms with Gasteiger partial charge in [-0.2, -0.15) is 9.36 Å². The van der Waals surface area contributed by atoms with Gasteiger partial charge in [0.05, 0.1) is 5.69 Å². The molecule has 3 aromatic heterocycles. The van der Waals surface area contributed by atoms with E-state index in [0.717, 1.165) is 29.2 Å². The summed E-state index contributed by atoms with van der Waals surface area (Å²) in [7, 11) is 1.93. The van der Waals surface area contributed by atoms with Gasteiger partial charge in [0.2, 0.25) is 16.7 Å². The molecule has 42 heavy (non-hydrogen) atoms. The monoisotopic (exact) mass is 647 g/mol. The van der Waals surface area contributed by atoms with E-state index in [1.807, 2.05) is 48.4 Å². The summed E-state index contributed by atoms with van der Waals surface area (Å²) < 4.78 is 6.80. The standard InChI is InChI=1S/C25H26N8O5S4/c1-4-8-26-24-29-19(31-42-24)16(30-38-5-2)20(34)28-17-21(35)33-18(23(36)37)15(12-39-22(17)33)41-25-27-14(11-40-25)13-6-9-32(3)10-7-13/h6-7,9-11,17,22H,4-5,8,12H2,1-3H3,(H2-,26,28,29,31,34,36,37)/p+1/b30-16-/t17-,22-/m1/s1. The number of carbonyl (C=O) groups excluding carboxylic acids is 2. The number of β-lactam (4-membered cyclic amide) rings is 1. The summed E-state index contributed by atoms with van der Waals surface area (Å²) in [6.45, 7) is 4.64. The van der Waals surface area contributed by atoms with Gasteiger partial charge in [0, 0.05) is 51.8 Å². The molecule has 0 bridgehead atoms. The van der Waals surface area contributed by atoms with Gasteiger partial charge >= 0.3 is 5.97 Å². The first-order valence-electron chi connectivity index (χ1n) is 12.9. The van der Waals surface area contributed by atoms with Gasteiger partial charge < -0.3 is 20.6 Å². The normalized spacial score (nSPS) is 18.4. The fraction of sp³-hybridized carbons (Fsp3) is 0.360. The number of aryl methyl sites for hydroxylation is 1. The molecule has 0 aliphatic carbocycles. The average Bonchev–Trinajstić information content (AvgIpc) is 3.65. The average molecular weight is 648 g/mol. The molecule has 5 heterocycles. The highest BCUT2D eigenvalue weighted by molar-refractivity contribution is 8.07. The van der Waals surface area contributed by atoms with Crippen molar-refractivity contribution in [2.24, 2.45) is 12.2 Å². The fourth-order valence-electron chi connectivity index (χ4n) is 4.03. The van der Waals surface area contributed by atoms with Crippen LogP contribution in [0.2, 0.25) is 0 Å². The van der Waals surface area contributed by atoms with Gasteiger partial charge in [-0.1, -0.05) is 23.8 Å². The minimum Gasteiger partial charge on any atom is -0.477 e. The third kappa shape index (κ3) is 6.28. The second kappa shape index (κ2) is 13.2. The van der Waals surface area contributed by atoms with Crippen LogP contribution in [0.5, 0.6) is 0 Å². The number of thiazole rings is 1. The van der Waals surface area contributed by atoms with E-state index in [1.54, 1.807) is 6.92 Å². The number of aromatic nitrogens is 4. The van der Waals surface area contributed by atoms with Crippen LogP contribution in [0.25, 0.3) is 11.3 Å². The van der Waals surface area contributed by atoms with Gasteiger partial charge in [0.1, 0.15) is 30.8 Å². The summed E-state index contributed by atoms with van der Waals surface area (Å²) >= 11 is 5.10. The molecule has 3 aromatic rings. The van der Waals surface area contributed by atoms with Crippen LogP contribution < -0.4 is 15.2 Å². The first kappa shape index (κ1) is 29.9. The molecule has 0 saturated carbocycles. The topological polar surface area (TPSA) is 163 Å². The second-order valence-corrected chi connectivity index (χ2v) is 13.1. The van der Waals surface area contributed by atoms with Gasteiger partial charge in [0.25, 0.3) is 11.8 Å². The number of nitrogens with one attached hydrogen (secondary N) is 2. The summed E-state index contributed by atoms with van der Waals surface area (Å²) in [5.41, 5.74) is 1.48. The first-order chi connectivity index (χ1) is 20.3. The number of amides is 2. The molecule has 1 fully saturated rings. The third-order valence-corrected chi connectivity index (χ3v) is 10.2. The van der Waals surface area contributed by atoms with Crippen LogP contribution in [0.1, 0.15) is 26.1 Å². The Kier molecular flexibility index (Phi) is 9.40. The van der Waals surface area contributed by atoms with Crippen molar-refractivity contribution < 1.29 is 28.9 Å². The SMILES string of the molecule is CCCNc1nc(/C(=N/OCC)C(=O)N[C@@H]2C(=O)N3C(C(=O)O)=C(Sc4nc(-c5cc[n+](C)cc5)cs4)CS[C@H]23)ns1. The molecule has 2 aliphatic heterocycles. The van der Waals surface area contributed by atoms with E-state index in [0.29, 0.717) is 26.7 Å². The number of nitrogens with zero attached hydrogens (tertiary/aromatic N) is 6. The molecular formula is C25H27N8O5S4+. The highest BCUT2D eigenvalue weighted by Gasteiger charge is 2.54. The van der Waals surface area contributed by atoms with E-state index in [1.165, 1.54) is 39.8 Å². The number of thioether (sulfide) groups is 2. The van der Waals surface area contributed by atoms with Gasteiger partial charge in [-0.15, -0.1) is 23.1 Å². The summed E-state index contributed by atoms with van der Waals surface area (Å²) in [5, 5.41) is 21.6. The van der Waals surface area contributed by atoms with E-state index in [4.69, 9.17) is 4.84 Å². The summed E-state index contributed by atoms with van der Waals surface area (Å²) in [6.07, 6.45) is 4.74. The number of fused-ring (bicyclic) bond motifs is 1. The quantitative estimate of drug-likeness (QED) is 0.115. The lowest BCUT2D eigenvalue weighted by Gasteiger charge is -2.49. The Morgan fingerprint density at radius 3 is 2.79 bits per heavy atom. The number of carboxylic acids is 1. The number of hydrogen-bond donors (Lipinski definition) is 3. The molecule has 2 aliphatic rings. The fourth-order valence-corrected chi connectivity index (χ4v) is 8.09. The number of hydrogen-bond acceptors (Lipinski definition) is 13. The van der Waals surface area contributed by atoms with Crippen molar-refractivity contribution in [1.29, 1.82) is 0 Å². The molecule has 5 rings (SSSR count). The molecule has 17 heteroatoms. The van der Waals surface area contributed by atoms with Crippen LogP contribution in [-0.2, 0) is 26.3 Å². The molecule has 0 aromatic carbocycles. The molecule has 2 atom stereocenters. The number of carboxylic acid groups (broad SMARTS) is 1. The Morgan fingerprint density at radius 2 is 2.07 bits per heavy atom. The van der Waals surface area contributed by atoms with Crippen LogP contribution >= 0.6 is 46.4 Å². The van der Waals surface area contributed by atoms with Crippen molar-refractivity contribution in [1.82, 2.24) is 24.6 Å². The van der Waals surface area contributed by atoms with Crippen LogP contribution in [0.15, 0.2) is 50.0 Å². The number of aliphatic carboxylic acids is 1. The molecule has 220 valence electrons. The summed E-state index contributed by atoms with van der Waals surface area (Å²) in [5.74, 6) is -2.02. The number of oxime groups is 1. The molecule has 3 N–H and O–H groups in total. The van der Waals surface area contributed by atoms with Crippen LogP contribution in [0, 0.1) is 0 Å². The Balaban J connectivity index is 1.30. The van der Waals surface area contributed by atoms with E-state index in [2.05, 4.69) is 30.1 Å². The number of anilines is 1. The zero-order valence-electron chi connectivity index (χ0n) is 22.8. The maximum atomic E-state index is 13.2. The van der Waals surface area contributed by atoms with E-state index in [9.17, 15) is 19.5 Å². The van der Waals surface area contributed by atoms with E-state index >= 15 is 0 Å². The summed E-state index contributed by atoms with van der Waals surface area (Å²) in [4.78, 5) is 54.6. The maximum absolute atomic E-state index is 13.2. The van der Waals surface area contributed by atoms with Crippen molar-refractivity contribution in [2.75, 3.05) is 24.2 Å². The first-order valence-corrected chi connectivity index (χ1v) is 16.4. The number of pyridine rings is 1. The largest absolute Gasteiger partial charge is 0.477 e. The second-order valence-electron chi connectivity index (χ2n) is 9.00. The zero-order valence-corrected chi connectivity index (χ0v) is 26.0.